The Morgan fingerprint density at radius 3 is 2.71 bits per heavy atom. The lowest BCUT2D eigenvalue weighted by atomic mass is 9.64. The molecule has 94 valence electrons. The molecular formula is C14H18BrFO. The monoisotopic (exact) mass is 300 g/mol. The molecule has 1 nitrogen and oxygen atoms in total. The second kappa shape index (κ2) is 4.69. The van der Waals surface area contributed by atoms with Crippen LogP contribution in [0.4, 0.5) is 4.39 Å². The van der Waals surface area contributed by atoms with E-state index >= 15 is 0 Å². The molecule has 0 heterocycles. The zero-order valence-electron chi connectivity index (χ0n) is 10.2. The van der Waals surface area contributed by atoms with Gasteiger partial charge in [-0.05, 0) is 48.4 Å². The fraction of sp³-hybridized carbons (Fsp3) is 0.571. The van der Waals surface area contributed by atoms with Gasteiger partial charge in [-0.15, -0.1) is 0 Å². The van der Waals surface area contributed by atoms with Gasteiger partial charge in [-0.1, -0.05) is 29.8 Å². The lowest BCUT2D eigenvalue weighted by Crippen LogP contribution is -2.47. The van der Waals surface area contributed by atoms with Crippen molar-refractivity contribution in [2.45, 2.75) is 38.7 Å². The SMILES string of the molecule is CC(C)C1CC(O)(Cc2cc(F)ccc2Br)C1. The number of benzene rings is 1. The summed E-state index contributed by atoms with van der Waals surface area (Å²) in [6.07, 6.45) is 2.19. The summed E-state index contributed by atoms with van der Waals surface area (Å²) in [6, 6.07) is 4.63. The van der Waals surface area contributed by atoms with Gasteiger partial charge in [0, 0.05) is 10.9 Å². The summed E-state index contributed by atoms with van der Waals surface area (Å²) in [7, 11) is 0. The second-order valence-corrected chi connectivity index (χ2v) is 6.40. The van der Waals surface area contributed by atoms with Gasteiger partial charge in [0.25, 0.3) is 0 Å². The van der Waals surface area contributed by atoms with E-state index in [1.807, 2.05) is 0 Å². The van der Waals surface area contributed by atoms with Crippen LogP contribution in [-0.2, 0) is 6.42 Å². The fourth-order valence-corrected chi connectivity index (χ4v) is 2.95. The Balaban J connectivity index is 2.05. The molecule has 0 radical (unpaired) electrons. The summed E-state index contributed by atoms with van der Waals surface area (Å²) in [4.78, 5) is 0. The topological polar surface area (TPSA) is 20.2 Å². The number of rotatable bonds is 3. The summed E-state index contributed by atoms with van der Waals surface area (Å²) in [5.41, 5.74) is 0.223. The lowest BCUT2D eigenvalue weighted by Gasteiger charge is -2.46. The minimum atomic E-state index is -0.634. The lowest BCUT2D eigenvalue weighted by molar-refractivity contribution is -0.0861. The van der Waals surface area contributed by atoms with Gasteiger partial charge in [0.15, 0.2) is 0 Å². The standard InChI is InChI=1S/C14H18BrFO/c1-9(2)11-7-14(17,8-11)6-10-5-12(16)3-4-13(10)15/h3-5,9,11,17H,6-8H2,1-2H3. The molecule has 0 unspecified atom stereocenters. The molecule has 17 heavy (non-hydrogen) atoms. The molecule has 1 aliphatic rings. The van der Waals surface area contributed by atoms with Crippen LogP contribution in [0.25, 0.3) is 0 Å². The predicted molar refractivity (Wildman–Crippen MR) is 70.3 cm³/mol. The van der Waals surface area contributed by atoms with E-state index in [0.717, 1.165) is 22.9 Å². The maximum Gasteiger partial charge on any atom is 0.123 e. The molecule has 0 saturated heterocycles. The first-order valence-electron chi connectivity index (χ1n) is 6.06. The van der Waals surface area contributed by atoms with Crippen LogP contribution in [0.5, 0.6) is 0 Å². The van der Waals surface area contributed by atoms with Crippen LogP contribution in [0.1, 0.15) is 32.3 Å². The average Bonchev–Trinajstić information content (AvgIpc) is 2.19. The van der Waals surface area contributed by atoms with Crippen LogP contribution in [0, 0.1) is 17.7 Å². The van der Waals surface area contributed by atoms with Crippen LogP contribution in [0.2, 0.25) is 0 Å². The molecule has 1 aromatic carbocycles. The highest BCUT2D eigenvalue weighted by atomic mass is 79.9. The maximum atomic E-state index is 13.1. The number of halogens is 2. The van der Waals surface area contributed by atoms with E-state index in [0.29, 0.717) is 18.3 Å². The van der Waals surface area contributed by atoms with Crippen LogP contribution < -0.4 is 0 Å². The molecule has 1 fully saturated rings. The van der Waals surface area contributed by atoms with Gasteiger partial charge < -0.3 is 5.11 Å². The molecule has 0 bridgehead atoms. The summed E-state index contributed by atoms with van der Waals surface area (Å²) in [5.74, 6) is 0.977. The molecular weight excluding hydrogens is 283 g/mol. The first kappa shape index (κ1) is 13.0. The average molecular weight is 301 g/mol. The predicted octanol–water partition coefficient (Wildman–Crippen LogP) is 3.93. The smallest absolute Gasteiger partial charge is 0.123 e. The van der Waals surface area contributed by atoms with E-state index in [2.05, 4.69) is 29.8 Å². The third-order valence-corrected chi connectivity index (χ3v) is 4.53. The minimum absolute atomic E-state index is 0.244. The molecule has 0 aromatic heterocycles. The minimum Gasteiger partial charge on any atom is -0.390 e. The molecule has 1 N–H and O–H groups in total. The number of aliphatic hydroxyl groups is 1. The Bertz CT molecular complexity index is 411. The number of hydrogen-bond acceptors (Lipinski definition) is 1. The van der Waals surface area contributed by atoms with Crippen molar-refractivity contribution in [1.82, 2.24) is 0 Å². The van der Waals surface area contributed by atoms with Gasteiger partial charge >= 0.3 is 0 Å². The van der Waals surface area contributed by atoms with E-state index in [1.165, 1.54) is 12.1 Å². The van der Waals surface area contributed by atoms with Crippen LogP contribution in [0.15, 0.2) is 22.7 Å². The van der Waals surface area contributed by atoms with E-state index < -0.39 is 5.60 Å². The van der Waals surface area contributed by atoms with E-state index in [4.69, 9.17) is 0 Å². The van der Waals surface area contributed by atoms with Crippen LogP contribution in [-0.4, -0.2) is 10.7 Å². The third kappa shape index (κ3) is 2.89. The van der Waals surface area contributed by atoms with E-state index in [-0.39, 0.29) is 5.82 Å². The Kier molecular flexibility index (Phi) is 3.60. The Hall–Kier alpha value is -0.410. The van der Waals surface area contributed by atoms with Gasteiger partial charge in [-0.3, -0.25) is 0 Å². The summed E-state index contributed by atoms with van der Waals surface area (Å²) >= 11 is 3.40. The molecule has 0 amide bonds. The van der Waals surface area contributed by atoms with Crippen molar-refractivity contribution in [2.75, 3.05) is 0 Å². The van der Waals surface area contributed by atoms with Gasteiger partial charge in [-0.2, -0.15) is 0 Å². The Morgan fingerprint density at radius 1 is 1.47 bits per heavy atom. The zero-order chi connectivity index (χ0) is 12.6. The molecule has 1 aromatic rings. The highest BCUT2D eigenvalue weighted by molar-refractivity contribution is 9.10. The summed E-state index contributed by atoms with van der Waals surface area (Å²) in [5, 5.41) is 10.4. The van der Waals surface area contributed by atoms with Crippen LogP contribution in [0.3, 0.4) is 0 Å². The maximum absolute atomic E-state index is 13.1. The molecule has 0 atom stereocenters. The molecule has 0 spiro atoms. The van der Waals surface area contributed by atoms with Crippen molar-refractivity contribution in [3.8, 4) is 0 Å². The van der Waals surface area contributed by atoms with Crippen molar-refractivity contribution in [2.24, 2.45) is 11.8 Å². The van der Waals surface area contributed by atoms with Crippen molar-refractivity contribution in [3.63, 3.8) is 0 Å². The van der Waals surface area contributed by atoms with Gasteiger partial charge in [0.2, 0.25) is 0 Å². The van der Waals surface area contributed by atoms with Gasteiger partial charge in [0.05, 0.1) is 5.60 Å². The molecule has 3 heteroatoms. The third-order valence-electron chi connectivity index (χ3n) is 3.75. The zero-order valence-corrected chi connectivity index (χ0v) is 11.8. The van der Waals surface area contributed by atoms with Crippen molar-refractivity contribution >= 4 is 15.9 Å². The first-order chi connectivity index (χ1) is 7.89. The van der Waals surface area contributed by atoms with Crippen LogP contribution >= 0.6 is 15.9 Å². The summed E-state index contributed by atoms with van der Waals surface area (Å²) in [6.45, 7) is 4.37. The highest BCUT2D eigenvalue weighted by Crippen LogP contribution is 2.44. The first-order valence-corrected chi connectivity index (χ1v) is 6.85. The largest absolute Gasteiger partial charge is 0.390 e. The molecule has 1 aliphatic carbocycles. The quantitative estimate of drug-likeness (QED) is 0.897. The van der Waals surface area contributed by atoms with E-state index in [9.17, 15) is 9.50 Å². The van der Waals surface area contributed by atoms with Gasteiger partial charge in [-0.25, -0.2) is 4.39 Å². The highest BCUT2D eigenvalue weighted by Gasteiger charge is 2.43. The fourth-order valence-electron chi connectivity index (χ4n) is 2.57. The molecule has 0 aliphatic heterocycles. The van der Waals surface area contributed by atoms with Crippen molar-refractivity contribution in [3.05, 3.63) is 34.1 Å². The van der Waals surface area contributed by atoms with E-state index in [1.54, 1.807) is 6.07 Å². The van der Waals surface area contributed by atoms with Crippen molar-refractivity contribution < 1.29 is 9.50 Å². The van der Waals surface area contributed by atoms with Gasteiger partial charge in [0.1, 0.15) is 5.82 Å². The molecule has 1 saturated carbocycles. The second-order valence-electron chi connectivity index (χ2n) is 5.55. The molecule has 2 rings (SSSR count). The summed E-state index contributed by atoms with van der Waals surface area (Å²) < 4.78 is 14.0. The number of hydrogen-bond donors (Lipinski definition) is 1. The normalized spacial score (nSPS) is 28.2. The Labute approximate surface area is 110 Å². The van der Waals surface area contributed by atoms with Crippen molar-refractivity contribution in [1.29, 1.82) is 0 Å². The Morgan fingerprint density at radius 2 is 2.12 bits per heavy atom.